The first-order chi connectivity index (χ1) is 7.27. The van der Waals surface area contributed by atoms with Crippen LogP contribution in [0.25, 0.3) is 0 Å². The number of benzene rings is 1. The van der Waals surface area contributed by atoms with Crippen molar-refractivity contribution < 1.29 is 0 Å². The van der Waals surface area contributed by atoms with Crippen molar-refractivity contribution in [1.82, 2.24) is 4.90 Å². The number of hydrogen-bond donors (Lipinski definition) is 1. The van der Waals surface area contributed by atoms with Gasteiger partial charge in [-0.3, -0.25) is 0 Å². The molecule has 1 aromatic carbocycles. The molecule has 0 radical (unpaired) electrons. The van der Waals surface area contributed by atoms with Crippen LogP contribution in [-0.2, 0) is 0 Å². The smallest absolute Gasteiger partial charge is 0.0603 e. The van der Waals surface area contributed by atoms with E-state index in [1.165, 1.54) is 11.4 Å². The van der Waals surface area contributed by atoms with Crippen LogP contribution in [0.5, 0.6) is 0 Å². The van der Waals surface area contributed by atoms with Crippen LogP contribution in [0.15, 0.2) is 24.3 Å². The van der Waals surface area contributed by atoms with E-state index in [-0.39, 0.29) is 0 Å². The number of anilines is 2. The number of likely N-dealkylation sites (N-methyl/N-ethyl adjacent to an activating group) is 1. The molecule has 0 spiro atoms. The van der Waals surface area contributed by atoms with Crippen LogP contribution in [-0.4, -0.2) is 45.2 Å². The average molecular weight is 205 g/mol. The highest BCUT2D eigenvalue weighted by molar-refractivity contribution is 5.71. The predicted octanol–water partition coefficient (Wildman–Crippen LogP) is 1.48. The van der Waals surface area contributed by atoms with Gasteiger partial charge in [-0.2, -0.15) is 0 Å². The largest absolute Gasteiger partial charge is 0.382 e. The zero-order valence-corrected chi connectivity index (χ0v) is 9.53. The van der Waals surface area contributed by atoms with E-state index in [4.69, 9.17) is 0 Å². The van der Waals surface area contributed by atoms with Gasteiger partial charge in [0, 0.05) is 26.2 Å². The summed E-state index contributed by atoms with van der Waals surface area (Å²) in [5.74, 6) is 0. The monoisotopic (exact) mass is 205 g/mol. The summed E-state index contributed by atoms with van der Waals surface area (Å²) >= 11 is 0. The zero-order chi connectivity index (χ0) is 10.7. The Morgan fingerprint density at radius 3 is 2.93 bits per heavy atom. The molecule has 0 atom stereocenters. The van der Waals surface area contributed by atoms with Crippen molar-refractivity contribution in [2.24, 2.45) is 0 Å². The molecule has 0 fully saturated rings. The fraction of sp³-hybridized carbons (Fsp3) is 0.500. The molecule has 0 saturated heterocycles. The van der Waals surface area contributed by atoms with Crippen LogP contribution in [0.4, 0.5) is 11.4 Å². The second-order valence-electron chi connectivity index (χ2n) is 4.23. The molecule has 1 aliphatic rings. The third kappa shape index (κ3) is 2.42. The van der Waals surface area contributed by atoms with Crippen molar-refractivity contribution in [1.29, 1.82) is 0 Å². The Morgan fingerprint density at radius 1 is 1.33 bits per heavy atom. The summed E-state index contributed by atoms with van der Waals surface area (Å²) < 4.78 is 0. The number of para-hydroxylation sites is 2. The number of hydrogen-bond acceptors (Lipinski definition) is 3. The minimum Gasteiger partial charge on any atom is -0.382 e. The molecule has 0 unspecified atom stereocenters. The van der Waals surface area contributed by atoms with Crippen molar-refractivity contribution in [2.75, 3.05) is 50.5 Å². The lowest BCUT2D eigenvalue weighted by Gasteiger charge is -2.32. The predicted molar refractivity (Wildman–Crippen MR) is 65.7 cm³/mol. The highest BCUT2D eigenvalue weighted by atomic mass is 15.2. The van der Waals surface area contributed by atoms with E-state index >= 15 is 0 Å². The lowest BCUT2D eigenvalue weighted by Crippen LogP contribution is -2.38. The molecule has 0 amide bonds. The van der Waals surface area contributed by atoms with Crippen LogP contribution in [0.2, 0.25) is 0 Å². The quantitative estimate of drug-likeness (QED) is 0.806. The van der Waals surface area contributed by atoms with Crippen molar-refractivity contribution in [3.8, 4) is 0 Å². The van der Waals surface area contributed by atoms with Gasteiger partial charge in [-0.05, 0) is 26.2 Å². The van der Waals surface area contributed by atoms with Gasteiger partial charge in [0.1, 0.15) is 0 Å². The first-order valence-corrected chi connectivity index (χ1v) is 5.50. The normalized spacial score (nSPS) is 15.0. The van der Waals surface area contributed by atoms with Gasteiger partial charge in [0.05, 0.1) is 11.4 Å². The van der Waals surface area contributed by atoms with Gasteiger partial charge in [0.2, 0.25) is 0 Å². The second-order valence-corrected chi connectivity index (χ2v) is 4.23. The molecule has 1 heterocycles. The lowest BCUT2D eigenvalue weighted by molar-refractivity contribution is 0.413. The first kappa shape index (κ1) is 10.3. The fourth-order valence-corrected chi connectivity index (χ4v) is 1.90. The Labute approximate surface area is 91.7 Å². The third-order valence-electron chi connectivity index (χ3n) is 2.76. The van der Waals surface area contributed by atoms with Gasteiger partial charge in [0.25, 0.3) is 0 Å². The Hall–Kier alpha value is -1.22. The highest BCUT2D eigenvalue weighted by Gasteiger charge is 2.14. The second kappa shape index (κ2) is 4.53. The van der Waals surface area contributed by atoms with Crippen LogP contribution in [0, 0.1) is 0 Å². The van der Waals surface area contributed by atoms with Gasteiger partial charge < -0.3 is 15.1 Å². The Balaban J connectivity index is 2.08. The molecular formula is C12H19N3. The maximum Gasteiger partial charge on any atom is 0.0603 e. The highest BCUT2D eigenvalue weighted by Crippen LogP contribution is 2.27. The summed E-state index contributed by atoms with van der Waals surface area (Å²) in [4.78, 5) is 4.68. The van der Waals surface area contributed by atoms with Crippen molar-refractivity contribution >= 4 is 11.4 Å². The molecule has 15 heavy (non-hydrogen) atoms. The number of nitrogens with one attached hydrogen (secondary N) is 1. The third-order valence-corrected chi connectivity index (χ3v) is 2.76. The molecule has 2 rings (SSSR count). The lowest BCUT2D eigenvalue weighted by atomic mass is 10.2. The summed E-state index contributed by atoms with van der Waals surface area (Å²) in [6.45, 7) is 4.36. The molecule has 0 bridgehead atoms. The summed E-state index contributed by atoms with van der Waals surface area (Å²) in [5.41, 5.74) is 2.60. The Kier molecular flexibility index (Phi) is 3.11. The van der Waals surface area contributed by atoms with E-state index in [0.717, 1.165) is 26.2 Å². The van der Waals surface area contributed by atoms with Crippen LogP contribution >= 0.6 is 0 Å². The van der Waals surface area contributed by atoms with Crippen LogP contribution in [0.3, 0.4) is 0 Å². The van der Waals surface area contributed by atoms with E-state index in [2.05, 4.69) is 53.5 Å². The Morgan fingerprint density at radius 2 is 2.13 bits per heavy atom. The van der Waals surface area contributed by atoms with Gasteiger partial charge >= 0.3 is 0 Å². The molecule has 82 valence electrons. The molecule has 0 saturated carbocycles. The van der Waals surface area contributed by atoms with Crippen molar-refractivity contribution in [3.05, 3.63) is 24.3 Å². The van der Waals surface area contributed by atoms with E-state index < -0.39 is 0 Å². The number of rotatable bonds is 3. The summed E-state index contributed by atoms with van der Waals surface area (Å²) in [6.07, 6.45) is 0. The van der Waals surface area contributed by atoms with Gasteiger partial charge in [-0.1, -0.05) is 12.1 Å². The SMILES string of the molecule is CN(C)CCN1CCNc2ccccc21. The minimum absolute atomic E-state index is 1.05. The molecule has 3 heteroatoms. The minimum atomic E-state index is 1.05. The molecule has 0 aliphatic carbocycles. The molecule has 1 N–H and O–H groups in total. The maximum absolute atomic E-state index is 3.42. The van der Waals surface area contributed by atoms with Crippen molar-refractivity contribution in [3.63, 3.8) is 0 Å². The molecule has 0 aromatic heterocycles. The van der Waals surface area contributed by atoms with E-state index in [9.17, 15) is 0 Å². The summed E-state index contributed by atoms with van der Waals surface area (Å²) in [5, 5.41) is 3.42. The van der Waals surface area contributed by atoms with Gasteiger partial charge in [-0.15, -0.1) is 0 Å². The molecule has 1 aromatic rings. The molecular weight excluding hydrogens is 186 g/mol. The standard InChI is InChI=1S/C12H19N3/c1-14(2)9-10-15-8-7-13-11-5-3-4-6-12(11)15/h3-6,13H,7-10H2,1-2H3. The summed E-state index contributed by atoms with van der Waals surface area (Å²) in [7, 11) is 4.24. The first-order valence-electron chi connectivity index (χ1n) is 5.50. The Bertz CT molecular complexity index is 322. The average Bonchev–Trinajstić information content (AvgIpc) is 2.26. The van der Waals surface area contributed by atoms with E-state index in [1.54, 1.807) is 0 Å². The van der Waals surface area contributed by atoms with Gasteiger partial charge in [-0.25, -0.2) is 0 Å². The maximum atomic E-state index is 3.42. The van der Waals surface area contributed by atoms with Gasteiger partial charge in [0.15, 0.2) is 0 Å². The van der Waals surface area contributed by atoms with Crippen LogP contribution in [0.1, 0.15) is 0 Å². The zero-order valence-electron chi connectivity index (χ0n) is 9.53. The molecule has 3 nitrogen and oxygen atoms in total. The van der Waals surface area contributed by atoms with E-state index in [1.807, 2.05) is 0 Å². The number of nitrogens with zero attached hydrogens (tertiary/aromatic N) is 2. The van der Waals surface area contributed by atoms with Crippen LogP contribution < -0.4 is 10.2 Å². The number of fused-ring (bicyclic) bond motifs is 1. The summed E-state index contributed by atoms with van der Waals surface area (Å²) in [6, 6.07) is 8.53. The van der Waals surface area contributed by atoms with E-state index in [0.29, 0.717) is 0 Å². The topological polar surface area (TPSA) is 18.5 Å². The molecule has 1 aliphatic heterocycles. The fourth-order valence-electron chi connectivity index (χ4n) is 1.90. The van der Waals surface area contributed by atoms with Crippen molar-refractivity contribution in [2.45, 2.75) is 0 Å².